The first-order valence-electron chi connectivity index (χ1n) is 9.65. The van der Waals surface area contributed by atoms with E-state index in [1.807, 2.05) is 19.1 Å². The van der Waals surface area contributed by atoms with Gasteiger partial charge in [0.1, 0.15) is 6.61 Å². The van der Waals surface area contributed by atoms with Crippen molar-refractivity contribution in [3.8, 4) is 11.9 Å². The third-order valence-corrected chi connectivity index (χ3v) is 5.95. The Kier molecular flexibility index (Phi) is 4.83. The van der Waals surface area contributed by atoms with Crippen LogP contribution in [-0.4, -0.2) is 34.6 Å². The van der Waals surface area contributed by atoms with E-state index in [1.54, 1.807) is 12.3 Å². The van der Waals surface area contributed by atoms with Gasteiger partial charge in [0.2, 0.25) is 5.88 Å². The third-order valence-electron chi connectivity index (χ3n) is 5.95. The Morgan fingerprint density at radius 3 is 2.58 bits per heavy atom. The van der Waals surface area contributed by atoms with Gasteiger partial charge >= 0.3 is 6.01 Å². The number of amides is 1. The van der Waals surface area contributed by atoms with Crippen LogP contribution in [-0.2, 0) is 4.79 Å². The molecule has 6 nitrogen and oxygen atoms in total. The number of carbonyl (C=O) groups excluding carboxylic acids is 1. The van der Waals surface area contributed by atoms with Crippen molar-refractivity contribution in [2.45, 2.75) is 51.0 Å². The van der Waals surface area contributed by atoms with Gasteiger partial charge in [-0.25, -0.2) is 4.98 Å². The maximum absolute atomic E-state index is 12.5. The fraction of sp³-hybridized carbons (Fsp3) is 0.650. The van der Waals surface area contributed by atoms with Crippen LogP contribution in [0.4, 0.5) is 0 Å². The van der Waals surface area contributed by atoms with E-state index in [1.165, 1.54) is 19.3 Å². The predicted octanol–water partition coefficient (Wildman–Crippen LogP) is 2.90. The predicted molar refractivity (Wildman–Crippen MR) is 96.9 cm³/mol. The Morgan fingerprint density at radius 1 is 1.23 bits per heavy atom. The molecule has 0 atom stereocenters. The summed E-state index contributed by atoms with van der Waals surface area (Å²) < 4.78 is 11.0. The molecule has 1 aromatic heterocycles. The minimum atomic E-state index is -0.0538. The molecule has 4 bridgehead atoms. The normalized spacial score (nSPS) is 32.0. The summed E-state index contributed by atoms with van der Waals surface area (Å²) in [7, 11) is 0. The van der Waals surface area contributed by atoms with Gasteiger partial charge in [0.15, 0.2) is 6.61 Å². The Hall–Kier alpha value is -2.11. The van der Waals surface area contributed by atoms with Crippen LogP contribution >= 0.6 is 0 Å². The molecule has 4 fully saturated rings. The van der Waals surface area contributed by atoms with Crippen LogP contribution in [0.1, 0.15) is 45.4 Å². The maximum Gasteiger partial charge on any atom is 0.319 e. The van der Waals surface area contributed by atoms with Gasteiger partial charge in [-0.15, -0.1) is 0 Å². The minimum Gasteiger partial charge on any atom is -0.467 e. The summed E-state index contributed by atoms with van der Waals surface area (Å²) in [6.07, 6.45) is 12.9. The number of ether oxygens (including phenoxy) is 2. The lowest BCUT2D eigenvalue weighted by Gasteiger charge is -2.56. The lowest BCUT2D eigenvalue weighted by atomic mass is 9.53. The summed E-state index contributed by atoms with van der Waals surface area (Å²) in [5.41, 5.74) is 0.0155. The summed E-state index contributed by atoms with van der Waals surface area (Å²) in [6.45, 7) is 2.31. The van der Waals surface area contributed by atoms with Gasteiger partial charge < -0.3 is 14.8 Å². The highest BCUT2D eigenvalue weighted by molar-refractivity contribution is 5.78. The number of allylic oxidation sites excluding steroid dienone is 1. The molecule has 6 heteroatoms. The molecule has 0 aliphatic heterocycles. The van der Waals surface area contributed by atoms with Crippen LogP contribution in [0.3, 0.4) is 0 Å². The van der Waals surface area contributed by atoms with Crippen molar-refractivity contribution in [2.24, 2.45) is 17.8 Å². The summed E-state index contributed by atoms with van der Waals surface area (Å²) >= 11 is 0. The Bertz CT molecular complexity index is 653. The van der Waals surface area contributed by atoms with Gasteiger partial charge in [0.25, 0.3) is 5.91 Å². The SMILES string of the molecule is C/C=C/COc1nccc(OCC(=O)NC23CC4CC(CC(C4)C2)C3)n1. The lowest BCUT2D eigenvalue weighted by molar-refractivity contribution is -0.128. The van der Waals surface area contributed by atoms with Gasteiger partial charge in [-0.3, -0.25) is 4.79 Å². The zero-order valence-electron chi connectivity index (χ0n) is 15.3. The van der Waals surface area contributed by atoms with E-state index in [0.717, 1.165) is 37.0 Å². The van der Waals surface area contributed by atoms with Crippen molar-refractivity contribution in [1.29, 1.82) is 0 Å². The molecule has 0 aromatic carbocycles. The van der Waals surface area contributed by atoms with Crippen molar-refractivity contribution < 1.29 is 14.3 Å². The van der Waals surface area contributed by atoms with Crippen LogP contribution < -0.4 is 14.8 Å². The molecule has 4 aliphatic rings. The zero-order valence-corrected chi connectivity index (χ0v) is 15.3. The molecule has 5 rings (SSSR count). The first kappa shape index (κ1) is 17.3. The van der Waals surface area contributed by atoms with Crippen molar-refractivity contribution >= 4 is 5.91 Å². The number of carbonyl (C=O) groups is 1. The average molecular weight is 357 g/mol. The van der Waals surface area contributed by atoms with Crippen molar-refractivity contribution in [3.05, 3.63) is 24.4 Å². The van der Waals surface area contributed by atoms with Crippen LogP contribution in [0.5, 0.6) is 11.9 Å². The van der Waals surface area contributed by atoms with E-state index in [-0.39, 0.29) is 24.1 Å². The number of aromatic nitrogens is 2. The van der Waals surface area contributed by atoms with Crippen LogP contribution in [0, 0.1) is 17.8 Å². The number of hydrogen-bond donors (Lipinski definition) is 1. The van der Waals surface area contributed by atoms with E-state index in [2.05, 4.69) is 15.3 Å². The second-order valence-electron chi connectivity index (χ2n) is 8.09. The van der Waals surface area contributed by atoms with Crippen molar-refractivity contribution in [1.82, 2.24) is 15.3 Å². The van der Waals surface area contributed by atoms with Crippen molar-refractivity contribution in [2.75, 3.05) is 13.2 Å². The molecule has 4 aliphatic carbocycles. The van der Waals surface area contributed by atoms with Gasteiger partial charge in [-0.05, 0) is 63.2 Å². The molecular formula is C20H27N3O3. The van der Waals surface area contributed by atoms with Crippen molar-refractivity contribution in [3.63, 3.8) is 0 Å². The Labute approximate surface area is 154 Å². The fourth-order valence-electron chi connectivity index (χ4n) is 5.43. The molecule has 1 aromatic rings. The molecule has 4 saturated carbocycles. The zero-order chi connectivity index (χ0) is 18.0. The van der Waals surface area contributed by atoms with Gasteiger partial charge in [-0.1, -0.05) is 12.2 Å². The van der Waals surface area contributed by atoms with Crippen LogP contribution in [0.2, 0.25) is 0 Å². The molecule has 0 unspecified atom stereocenters. The Balaban J connectivity index is 1.30. The maximum atomic E-state index is 12.5. The van der Waals surface area contributed by atoms with Crippen LogP contribution in [0.25, 0.3) is 0 Å². The first-order valence-corrected chi connectivity index (χ1v) is 9.65. The summed E-state index contributed by atoms with van der Waals surface area (Å²) in [4.78, 5) is 20.7. The average Bonchev–Trinajstić information content (AvgIpc) is 2.59. The van der Waals surface area contributed by atoms with Gasteiger partial charge in [-0.2, -0.15) is 4.98 Å². The molecule has 1 heterocycles. The highest BCUT2D eigenvalue weighted by Gasteiger charge is 2.51. The molecule has 140 valence electrons. The fourth-order valence-corrected chi connectivity index (χ4v) is 5.43. The minimum absolute atomic E-state index is 0.0155. The van der Waals surface area contributed by atoms with E-state index in [0.29, 0.717) is 12.5 Å². The Morgan fingerprint density at radius 2 is 1.92 bits per heavy atom. The molecule has 0 radical (unpaired) electrons. The van der Waals surface area contributed by atoms with E-state index < -0.39 is 0 Å². The number of rotatable bonds is 7. The highest BCUT2D eigenvalue weighted by atomic mass is 16.5. The number of hydrogen-bond acceptors (Lipinski definition) is 5. The topological polar surface area (TPSA) is 73.3 Å². The monoisotopic (exact) mass is 357 g/mol. The molecule has 1 N–H and O–H groups in total. The standard InChI is InChI=1S/C20H27N3O3/c1-2-3-6-25-19-21-5-4-18(22-19)26-13-17(24)23-20-10-14-7-15(11-20)9-16(8-14)12-20/h2-5,14-16H,6-13H2,1H3,(H,23,24)/b3-2+. The molecule has 0 saturated heterocycles. The lowest BCUT2D eigenvalue weighted by Crippen LogP contribution is -2.60. The second-order valence-corrected chi connectivity index (χ2v) is 8.09. The largest absolute Gasteiger partial charge is 0.467 e. The van der Waals surface area contributed by atoms with Gasteiger partial charge in [0, 0.05) is 17.8 Å². The van der Waals surface area contributed by atoms with Gasteiger partial charge in [0.05, 0.1) is 0 Å². The van der Waals surface area contributed by atoms with E-state index in [9.17, 15) is 4.79 Å². The molecule has 0 spiro atoms. The second kappa shape index (κ2) is 7.25. The molecule has 1 amide bonds. The molecular weight excluding hydrogens is 330 g/mol. The third kappa shape index (κ3) is 3.84. The summed E-state index contributed by atoms with van der Waals surface area (Å²) in [5.74, 6) is 2.72. The summed E-state index contributed by atoms with van der Waals surface area (Å²) in [6, 6.07) is 1.89. The first-order chi connectivity index (χ1) is 12.6. The van der Waals surface area contributed by atoms with E-state index >= 15 is 0 Å². The number of nitrogens with one attached hydrogen (secondary N) is 1. The van der Waals surface area contributed by atoms with E-state index in [4.69, 9.17) is 9.47 Å². The van der Waals surface area contributed by atoms with Crippen LogP contribution in [0.15, 0.2) is 24.4 Å². The highest BCUT2D eigenvalue weighted by Crippen LogP contribution is 2.55. The quantitative estimate of drug-likeness (QED) is 0.760. The number of nitrogens with zero attached hydrogens (tertiary/aromatic N) is 2. The smallest absolute Gasteiger partial charge is 0.319 e. The molecule has 26 heavy (non-hydrogen) atoms. The summed E-state index contributed by atoms with van der Waals surface area (Å²) in [5, 5.41) is 3.30.